The predicted octanol–water partition coefficient (Wildman–Crippen LogP) is 3.35. The molecule has 1 N–H and O–H groups in total. The number of carbonyl (C=O) groups excluding carboxylic acids is 1. The van der Waals surface area contributed by atoms with E-state index < -0.39 is 5.60 Å². The Hall–Kier alpha value is -1.99. The maximum Gasteiger partial charge on any atom is 0.409 e. The summed E-state index contributed by atoms with van der Waals surface area (Å²) >= 11 is 0. The molecule has 1 unspecified atom stereocenters. The average Bonchev–Trinajstić information content (AvgIpc) is 2.50. The van der Waals surface area contributed by atoms with E-state index in [0.29, 0.717) is 12.8 Å². The fraction of sp³-hybridized carbons (Fsp3) is 0.550. The van der Waals surface area contributed by atoms with Gasteiger partial charge in [0.2, 0.25) is 0 Å². The van der Waals surface area contributed by atoms with Crippen LogP contribution in [0.1, 0.15) is 44.2 Å². The molecule has 1 saturated carbocycles. The van der Waals surface area contributed by atoms with Crippen molar-refractivity contribution in [1.82, 2.24) is 4.90 Å². The third kappa shape index (κ3) is 4.52. The molecule has 4 heteroatoms. The number of benzene rings is 1. The van der Waals surface area contributed by atoms with Gasteiger partial charge < -0.3 is 14.7 Å². The highest BCUT2D eigenvalue weighted by Gasteiger charge is 2.44. The summed E-state index contributed by atoms with van der Waals surface area (Å²) in [4.78, 5) is 13.4. The van der Waals surface area contributed by atoms with Crippen molar-refractivity contribution in [3.05, 3.63) is 35.4 Å². The molecule has 24 heavy (non-hydrogen) atoms. The van der Waals surface area contributed by atoms with Gasteiger partial charge in [-0.25, -0.2) is 4.79 Å². The molecule has 1 fully saturated rings. The number of aryl methyl sites for hydroxylation is 1. The first-order chi connectivity index (χ1) is 11.1. The Balaban J connectivity index is 2.26. The largest absolute Gasteiger partial charge is 0.453 e. The van der Waals surface area contributed by atoms with E-state index >= 15 is 0 Å². The number of nitrogens with zero attached hydrogens (tertiary/aromatic N) is 1. The third-order valence-electron chi connectivity index (χ3n) is 4.60. The lowest BCUT2D eigenvalue weighted by Crippen LogP contribution is -2.51. The first-order valence-electron chi connectivity index (χ1n) is 8.27. The van der Waals surface area contributed by atoms with E-state index in [1.165, 1.54) is 7.11 Å². The molecule has 1 amide bonds. The Morgan fingerprint density at radius 1 is 1.38 bits per heavy atom. The minimum absolute atomic E-state index is 0.0991. The standard InChI is InChI=1S/C20H27NO3/c1-15-7-6-8-16(11-15)9-10-20(23)13-17(12-19(2,3)14-20)21(4)18(22)24-5/h6-8,11,17,23H,12-14H2,1-5H3/t17?,20-/m0/s1. The monoisotopic (exact) mass is 329 g/mol. The number of hydrogen-bond donors (Lipinski definition) is 1. The van der Waals surface area contributed by atoms with Crippen LogP contribution in [0, 0.1) is 24.2 Å². The van der Waals surface area contributed by atoms with Crippen LogP contribution in [0.3, 0.4) is 0 Å². The van der Waals surface area contributed by atoms with Gasteiger partial charge in [-0.1, -0.05) is 37.8 Å². The number of carbonyl (C=O) groups is 1. The van der Waals surface area contributed by atoms with Gasteiger partial charge in [0.25, 0.3) is 0 Å². The molecule has 2 atom stereocenters. The third-order valence-corrected chi connectivity index (χ3v) is 4.60. The average molecular weight is 329 g/mol. The van der Waals surface area contributed by atoms with Crippen LogP contribution in [0.25, 0.3) is 0 Å². The van der Waals surface area contributed by atoms with Crippen molar-refractivity contribution in [3.8, 4) is 11.8 Å². The molecule has 0 heterocycles. The highest BCUT2D eigenvalue weighted by molar-refractivity contribution is 5.67. The molecular formula is C20H27NO3. The zero-order chi connectivity index (χ0) is 18.0. The van der Waals surface area contributed by atoms with Gasteiger partial charge in [-0.2, -0.15) is 0 Å². The molecule has 0 aliphatic heterocycles. The number of ether oxygens (including phenoxy) is 1. The maximum atomic E-state index is 11.8. The number of methoxy groups -OCH3 is 1. The SMILES string of the molecule is COC(=O)N(C)C1CC(C)(C)C[C@](O)(C#Cc2cccc(C)c2)C1. The lowest BCUT2D eigenvalue weighted by atomic mass is 9.67. The molecule has 130 valence electrons. The van der Waals surface area contributed by atoms with E-state index in [1.54, 1.807) is 11.9 Å². The molecular weight excluding hydrogens is 302 g/mol. The van der Waals surface area contributed by atoms with Crippen molar-refractivity contribution in [1.29, 1.82) is 0 Å². The first-order valence-corrected chi connectivity index (χ1v) is 8.27. The molecule has 1 aromatic carbocycles. The molecule has 2 rings (SSSR count). The number of amides is 1. The summed E-state index contributed by atoms with van der Waals surface area (Å²) in [5, 5.41) is 11.1. The molecule has 0 spiro atoms. The Bertz CT molecular complexity index is 671. The van der Waals surface area contributed by atoms with E-state index in [2.05, 4.69) is 25.7 Å². The Morgan fingerprint density at radius 3 is 2.71 bits per heavy atom. The van der Waals surface area contributed by atoms with Crippen LogP contribution < -0.4 is 0 Å². The van der Waals surface area contributed by atoms with Gasteiger partial charge in [-0.05, 0) is 42.9 Å². The van der Waals surface area contributed by atoms with Gasteiger partial charge >= 0.3 is 6.09 Å². The summed E-state index contributed by atoms with van der Waals surface area (Å²) in [5.41, 5.74) is 0.811. The minimum atomic E-state index is -1.11. The van der Waals surface area contributed by atoms with Gasteiger partial charge in [0, 0.05) is 25.1 Å². The Kier molecular flexibility index (Phi) is 5.25. The van der Waals surface area contributed by atoms with Crippen molar-refractivity contribution in [3.63, 3.8) is 0 Å². The van der Waals surface area contributed by atoms with Crippen LogP contribution in [0.15, 0.2) is 24.3 Å². The first kappa shape index (κ1) is 18.4. The van der Waals surface area contributed by atoms with Crippen LogP contribution in [0.4, 0.5) is 4.79 Å². The van der Waals surface area contributed by atoms with Crippen LogP contribution in [-0.4, -0.2) is 41.9 Å². The van der Waals surface area contributed by atoms with Gasteiger partial charge in [-0.3, -0.25) is 0 Å². The van der Waals surface area contributed by atoms with Crippen molar-refractivity contribution in [2.24, 2.45) is 5.41 Å². The fourth-order valence-corrected chi connectivity index (χ4v) is 3.61. The highest BCUT2D eigenvalue weighted by Crippen LogP contribution is 2.42. The molecule has 0 radical (unpaired) electrons. The lowest BCUT2D eigenvalue weighted by Gasteiger charge is -2.45. The smallest absolute Gasteiger partial charge is 0.409 e. The summed E-state index contributed by atoms with van der Waals surface area (Å²) in [7, 11) is 3.09. The van der Waals surface area contributed by atoms with Crippen LogP contribution in [0.5, 0.6) is 0 Å². The summed E-state index contributed by atoms with van der Waals surface area (Å²) in [6.07, 6.45) is 1.45. The zero-order valence-electron chi connectivity index (χ0n) is 15.2. The van der Waals surface area contributed by atoms with E-state index in [-0.39, 0.29) is 17.6 Å². The van der Waals surface area contributed by atoms with Crippen molar-refractivity contribution in [2.45, 2.75) is 51.7 Å². The molecule has 1 aliphatic carbocycles. The van der Waals surface area contributed by atoms with E-state index in [4.69, 9.17) is 4.74 Å². The van der Waals surface area contributed by atoms with Crippen molar-refractivity contribution >= 4 is 6.09 Å². The zero-order valence-corrected chi connectivity index (χ0v) is 15.2. The van der Waals surface area contributed by atoms with Gasteiger partial charge in [0.1, 0.15) is 5.60 Å². The topological polar surface area (TPSA) is 49.8 Å². The summed E-state index contributed by atoms with van der Waals surface area (Å²) < 4.78 is 4.81. The molecule has 4 nitrogen and oxygen atoms in total. The highest BCUT2D eigenvalue weighted by atomic mass is 16.5. The summed E-state index contributed by atoms with van der Waals surface area (Å²) in [6.45, 7) is 6.22. The lowest BCUT2D eigenvalue weighted by molar-refractivity contribution is -0.0283. The van der Waals surface area contributed by atoms with Gasteiger partial charge in [-0.15, -0.1) is 0 Å². The Labute approximate surface area is 144 Å². The molecule has 0 saturated heterocycles. The normalized spacial score (nSPS) is 25.3. The van der Waals surface area contributed by atoms with Crippen molar-refractivity contribution in [2.75, 3.05) is 14.2 Å². The number of rotatable bonds is 1. The van der Waals surface area contributed by atoms with E-state index in [0.717, 1.165) is 17.5 Å². The number of aliphatic hydroxyl groups is 1. The van der Waals surface area contributed by atoms with Crippen LogP contribution >= 0.6 is 0 Å². The molecule has 1 aliphatic rings. The second kappa shape index (κ2) is 6.86. The minimum Gasteiger partial charge on any atom is -0.453 e. The second-order valence-electron chi connectivity index (χ2n) is 7.64. The van der Waals surface area contributed by atoms with Crippen LogP contribution in [0.2, 0.25) is 0 Å². The molecule has 1 aromatic rings. The van der Waals surface area contributed by atoms with Crippen molar-refractivity contribution < 1.29 is 14.6 Å². The van der Waals surface area contributed by atoms with Gasteiger partial charge in [0.05, 0.1) is 7.11 Å². The molecule has 0 bridgehead atoms. The summed E-state index contributed by atoms with van der Waals surface area (Å²) in [5.74, 6) is 6.17. The predicted molar refractivity (Wildman–Crippen MR) is 94.6 cm³/mol. The second-order valence-corrected chi connectivity index (χ2v) is 7.64. The summed E-state index contributed by atoms with van der Waals surface area (Å²) in [6, 6.07) is 7.82. The molecule has 0 aromatic heterocycles. The van der Waals surface area contributed by atoms with E-state index in [9.17, 15) is 9.90 Å². The van der Waals surface area contributed by atoms with Crippen LogP contribution in [-0.2, 0) is 4.74 Å². The van der Waals surface area contributed by atoms with E-state index in [1.807, 2.05) is 31.2 Å². The fourth-order valence-electron chi connectivity index (χ4n) is 3.61. The quantitative estimate of drug-likeness (QED) is 0.804. The van der Waals surface area contributed by atoms with Gasteiger partial charge in [0.15, 0.2) is 0 Å². The maximum absolute atomic E-state index is 11.8. The Morgan fingerprint density at radius 2 is 2.08 bits per heavy atom. The number of hydrogen-bond acceptors (Lipinski definition) is 3.